The van der Waals surface area contributed by atoms with Gasteiger partial charge in [-0.15, -0.1) is 0 Å². The summed E-state index contributed by atoms with van der Waals surface area (Å²) >= 11 is 0. The first-order chi connectivity index (χ1) is 3.22. The Morgan fingerprint density at radius 3 is 2.29 bits per heavy atom. The van der Waals surface area contributed by atoms with Gasteiger partial charge < -0.3 is 9.84 Å². The van der Waals surface area contributed by atoms with E-state index in [-0.39, 0.29) is 5.95 Å². The van der Waals surface area contributed by atoms with Crippen LogP contribution in [0.2, 0.25) is 0 Å². The molecule has 0 fully saturated rings. The molecule has 2 nitrogen and oxygen atoms in total. The van der Waals surface area contributed by atoms with Gasteiger partial charge in [-0.05, 0) is 12.5 Å². The fourth-order valence-corrected chi connectivity index (χ4v) is 0.341. The van der Waals surface area contributed by atoms with Gasteiger partial charge in [0, 0.05) is 0 Å². The molecular formula is C5H6O2. The molecule has 1 aliphatic rings. The van der Waals surface area contributed by atoms with E-state index in [1.165, 1.54) is 0 Å². The van der Waals surface area contributed by atoms with E-state index in [0.29, 0.717) is 5.76 Å². The Bertz CT molecular complexity index is 139. The summed E-state index contributed by atoms with van der Waals surface area (Å²) in [7, 11) is 0. The van der Waals surface area contributed by atoms with Gasteiger partial charge in [0.1, 0.15) is 0 Å². The molecule has 0 amide bonds. The smallest absolute Gasteiger partial charge is 0.327 e. The summed E-state index contributed by atoms with van der Waals surface area (Å²) in [6, 6.07) is 0. The van der Waals surface area contributed by atoms with Crippen molar-refractivity contribution in [3.8, 4) is 0 Å². The summed E-state index contributed by atoms with van der Waals surface area (Å²) in [5.74, 6) is 0.563. The second-order valence-electron chi connectivity index (χ2n) is 1.52. The van der Waals surface area contributed by atoms with Gasteiger partial charge in [-0.2, -0.15) is 0 Å². The minimum atomic E-state index is 0.0208. The van der Waals surface area contributed by atoms with Crippen molar-refractivity contribution in [1.82, 2.24) is 0 Å². The lowest BCUT2D eigenvalue weighted by Crippen LogP contribution is -1.61. The van der Waals surface area contributed by atoms with Crippen LogP contribution < -0.4 is 0 Å². The summed E-state index contributed by atoms with van der Waals surface area (Å²) < 4.78 is 4.47. The summed E-state index contributed by atoms with van der Waals surface area (Å²) in [4.78, 5) is 0. The zero-order chi connectivity index (χ0) is 5.44. The van der Waals surface area contributed by atoms with Crippen LogP contribution in [0.4, 0.5) is 0 Å². The first-order valence-electron chi connectivity index (χ1n) is 1.99. The molecule has 0 unspecified atom stereocenters. The maximum atomic E-state index is 8.39. The molecule has 1 aliphatic heterocycles. The highest BCUT2D eigenvalue weighted by molar-refractivity contribution is 5.30. The summed E-state index contributed by atoms with van der Waals surface area (Å²) in [5.41, 5.74) is 0.775. The van der Waals surface area contributed by atoms with Crippen LogP contribution in [0.5, 0.6) is 0 Å². The molecule has 0 aliphatic carbocycles. The third-order valence-electron chi connectivity index (χ3n) is 0.739. The largest absolute Gasteiger partial charge is 0.478 e. The zero-order valence-corrected chi connectivity index (χ0v) is 4.06. The van der Waals surface area contributed by atoms with Crippen LogP contribution in [0, 0.1) is 0 Å². The maximum Gasteiger partial charge on any atom is 0.327 e. The van der Waals surface area contributed by atoms with Crippen molar-refractivity contribution in [1.29, 1.82) is 0 Å². The van der Waals surface area contributed by atoms with Crippen molar-refractivity contribution < 1.29 is 9.84 Å². The minimum Gasteiger partial charge on any atom is -0.478 e. The van der Waals surface area contributed by atoms with Crippen LogP contribution in [0.1, 0.15) is 6.92 Å². The molecule has 1 heterocycles. The lowest BCUT2D eigenvalue weighted by Gasteiger charge is -1.74. The Labute approximate surface area is 41.7 Å². The average Bonchev–Trinajstić information content (AvgIpc) is 2.17. The van der Waals surface area contributed by atoms with E-state index < -0.39 is 0 Å². The predicted molar refractivity (Wildman–Crippen MR) is 25.6 cm³/mol. The predicted octanol–water partition coefficient (Wildman–Crippen LogP) is 1.32. The Kier molecular flexibility index (Phi) is 0.622. The van der Waals surface area contributed by atoms with Crippen molar-refractivity contribution in [3.05, 3.63) is 23.9 Å². The molecule has 0 saturated carbocycles. The van der Waals surface area contributed by atoms with Crippen LogP contribution in [-0.4, -0.2) is 5.11 Å². The highest BCUT2D eigenvalue weighted by atomic mass is 16.7. The number of rotatable bonds is 1. The fourth-order valence-electron chi connectivity index (χ4n) is 0.341. The van der Waals surface area contributed by atoms with Crippen molar-refractivity contribution in [2.45, 2.75) is 6.92 Å². The number of ether oxygens (including phenoxy) is 1. The molecule has 2 heteroatoms. The summed E-state index contributed by atoms with van der Waals surface area (Å²) in [6.45, 7) is 5.30. The molecule has 0 saturated heterocycles. The summed E-state index contributed by atoms with van der Waals surface area (Å²) in [5, 5.41) is 8.39. The van der Waals surface area contributed by atoms with Crippen molar-refractivity contribution in [3.63, 3.8) is 0 Å². The third-order valence-corrected chi connectivity index (χ3v) is 0.739. The molecule has 0 aromatic carbocycles. The standard InChI is InChI=1S/C5H6O2/c1-3(2)4-5(6)7-4/h6H,1H2,2H3. The van der Waals surface area contributed by atoms with Gasteiger partial charge in [-0.1, -0.05) is 6.58 Å². The van der Waals surface area contributed by atoms with Gasteiger partial charge in [0.25, 0.3) is 0 Å². The number of aliphatic hydroxyl groups excluding tert-OH is 1. The highest BCUT2D eigenvalue weighted by Crippen LogP contribution is 2.28. The van der Waals surface area contributed by atoms with Gasteiger partial charge in [0.15, 0.2) is 0 Å². The Hall–Kier alpha value is -0.920. The number of hydrogen-bond donors (Lipinski definition) is 1. The monoisotopic (exact) mass is 98.0 g/mol. The van der Waals surface area contributed by atoms with E-state index in [9.17, 15) is 0 Å². The second kappa shape index (κ2) is 1.03. The first-order valence-corrected chi connectivity index (χ1v) is 1.99. The van der Waals surface area contributed by atoms with Gasteiger partial charge >= 0.3 is 5.95 Å². The maximum absolute atomic E-state index is 8.39. The lowest BCUT2D eigenvalue weighted by molar-refractivity contribution is 0.277. The third kappa shape index (κ3) is 0.585. The molecule has 0 aromatic heterocycles. The topological polar surface area (TPSA) is 32.8 Å². The number of aliphatic hydroxyl groups is 1. The van der Waals surface area contributed by atoms with Crippen molar-refractivity contribution in [2.75, 3.05) is 0 Å². The van der Waals surface area contributed by atoms with E-state index in [4.69, 9.17) is 5.11 Å². The molecule has 1 N–H and O–H groups in total. The quantitative estimate of drug-likeness (QED) is 0.536. The van der Waals surface area contributed by atoms with Crippen LogP contribution in [0.25, 0.3) is 0 Å². The van der Waals surface area contributed by atoms with E-state index in [0.717, 1.165) is 5.57 Å². The lowest BCUT2D eigenvalue weighted by atomic mass is 10.3. The Morgan fingerprint density at radius 1 is 1.86 bits per heavy atom. The van der Waals surface area contributed by atoms with E-state index in [1.807, 2.05) is 0 Å². The molecule has 0 spiro atoms. The van der Waals surface area contributed by atoms with Gasteiger partial charge in [0.05, 0.1) is 0 Å². The average molecular weight is 98.1 g/mol. The highest BCUT2D eigenvalue weighted by Gasteiger charge is 2.24. The molecule has 0 bridgehead atoms. The molecule has 7 heavy (non-hydrogen) atoms. The molecule has 38 valence electrons. The SMILES string of the molecule is C=C(C)C1=C(O)O1. The minimum absolute atomic E-state index is 0.0208. The molecule has 0 aromatic rings. The van der Waals surface area contributed by atoms with Gasteiger partial charge in [-0.25, -0.2) is 0 Å². The Balaban J connectivity index is 2.62. The van der Waals surface area contributed by atoms with E-state index >= 15 is 0 Å². The fraction of sp³-hybridized carbons (Fsp3) is 0.200. The van der Waals surface area contributed by atoms with Crippen molar-refractivity contribution >= 4 is 0 Å². The first kappa shape index (κ1) is 4.24. The van der Waals surface area contributed by atoms with Crippen LogP contribution in [-0.2, 0) is 4.74 Å². The van der Waals surface area contributed by atoms with Crippen LogP contribution >= 0.6 is 0 Å². The van der Waals surface area contributed by atoms with Crippen LogP contribution in [0.15, 0.2) is 23.9 Å². The molecular weight excluding hydrogens is 92.1 g/mol. The van der Waals surface area contributed by atoms with Gasteiger partial charge in [-0.3, -0.25) is 0 Å². The molecule has 1 rings (SSSR count). The van der Waals surface area contributed by atoms with E-state index in [2.05, 4.69) is 11.3 Å². The molecule has 0 radical (unpaired) electrons. The normalized spacial score (nSPS) is 16.1. The zero-order valence-electron chi connectivity index (χ0n) is 4.06. The summed E-state index contributed by atoms with van der Waals surface area (Å²) in [6.07, 6.45) is 0. The Morgan fingerprint density at radius 2 is 2.29 bits per heavy atom. The number of hydrogen-bond acceptors (Lipinski definition) is 2. The van der Waals surface area contributed by atoms with E-state index in [1.54, 1.807) is 6.92 Å². The van der Waals surface area contributed by atoms with Crippen LogP contribution in [0.3, 0.4) is 0 Å². The second-order valence-corrected chi connectivity index (χ2v) is 1.52. The molecule has 0 atom stereocenters. The number of allylic oxidation sites excluding steroid dienone is 1. The van der Waals surface area contributed by atoms with Gasteiger partial charge in [0.2, 0.25) is 5.76 Å². The van der Waals surface area contributed by atoms with Crippen molar-refractivity contribution in [2.24, 2.45) is 0 Å².